The molecule has 0 radical (unpaired) electrons. The van der Waals surface area contributed by atoms with Crippen LogP contribution in [0.4, 0.5) is 5.69 Å². The molecule has 0 spiro atoms. The number of carboxylic acid groups (broad SMARTS) is 1. The second-order valence-corrected chi connectivity index (χ2v) is 9.64. The van der Waals surface area contributed by atoms with E-state index < -0.39 is 5.97 Å². The van der Waals surface area contributed by atoms with E-state index in [0.717, 1.165) is 23.9 Å². The largest absolute Gasteiger partial charge is 0.506 e. The Kier molecular flexibility index (Phi) is 5.88. The zero-order valence-corrected chi connectivity index (χ0v) is 20.7. The maximum atomic E-state index is 13.5. The molecule has 0 saturated heterocycles. The number of fused-ring (bicyclic) bond motifs is 4. The summed E-state index contributed by atoms with van der Waals surface area (Å²) in [5.74, 6) is -0.803. The molecule has 0 saturated carbocycles. The number of carbonyl (C=O) groups excluding carboxylic acids is 1. The van der Waals surface area contributed by atoms with Crippen LogP contribution in [-0.4, -0.2) is 65.8 Å². The van der Waals surface area contributed by atoms with E-state index in [1.807, 2.05) is 33.2 Å². The van der Waals surface area contributed by atoms with Gasteiger partial charge in [-0.3, -0.25) is 4.79 Å². The molecule has 1 aliphatic heterocycles. The number of amides is 1. The first-order valence-corrected chi connectivity index (χ1v) is 11.9. The van der Waals surface area contributed by atoms with Crippen molar-refractivity contribution >= 4 is 39.4 Å². The van der Waals surface area contributed by atoms with E-state index >= 15 is 0 Å². The molecule has 0 bridgehead atoms. The predicted octanol–water partition coefficient (Wildman–Crippen LogP) is 4.72. The normalized spacial score (nSPS) is 15.2. The molecule has 2 aromatic carbocycles. The quantitative estimate of drug-likeness (QED) is 0.320. The number of aromatic hydroxyl groups is 1. The van der Waals surface area contributed by atoms with E-state index in [0.29, 0.717) is 46.8 Å². The molecular weight excluding hydrogens is 462 g/mol. The fourth-order valence-corrected chi connectivity index (χ4v) is 5.06. The van der Waals surface area contributed by atoms with Crippen LogP contribution < -0.4 is 9.64 Å². The highest BCUT2D eigenvalue weighted by molar-refractivity contribution is 6.14. The van der Waals surface area contributed by atoms with Crippen LogP contribution in [0.15, 0.2) is 34.7 Å². The number of phenolic OH excluding ortho intramolecular Hbond substituents is 1. The minimum Gasteiger partial charge on any atom is -0.506 e. The van der Waals surface area contributed by atoms with Crippen LogP contribution in [0.5, 0.6) is 11.5 Å². The van der Waals surface area contributed by atoms with Gasteiger partial charge in [-0.15, -0.1) is 0 Å². The van der Waals surface area contributed by atoms with Gasteiger partial charge >= 0.3 is 5.97 Å². The molecule has 0 aliphatic carbocycles. The van der Waals surface area contributed by atoms with Gasteiger partial charge in [-0.25, -0.2) is 4.79 Å². The number of phenols is 1. The number of hydrogen-bond donors (Lipinski definition) is 3. The first-order valence-electron chi connectivity index (χ1n) is 11.9. The van der Waals surface area contributed by atoms with Crippen LogP contribution in [-0.2, 0) is 0 Å². The van der Waals surface area contributed by atoms with Gasteiger partial charge in [0.15, 0.2) is 5.76 Å². The Hall–Kier alpha value is -3.98. The van der Waals surface area contributed by atoms with E-state index in [1.54, 1.807) is 24.0 Å². The number of aromatic nitrogens is 1. The van der Waals surface area contributed by atoms with Gasteiger partial charge in [0.25, 0.3) is 5.91 Å². The topological polar surface area (TPSA) is 119 Å². The number of aryl methyl sites for hydroxylation is 1. The molecule has 0 fully saturated rings. The monoisotopic (exact) mass is 491 g/mol. The summed E-state index contributed by atoms with van der Waals surface area (Å²) in [6.07, 6.45) is 0.900. The summed E-state index contributed by atoms with van der Waals surface area (Å²) in [6, 6.07) is 8.66. The second-order valence-electron chi connectivity index (χ2n) is 9.64. The van der Waals surface area contributed by atoms with Gasteiger partial charge < -0.3 is 34.2 Å². The fourth-order valence-electron chi connectivity index (χ4n) is 5.06. The molecule has 9 heteroatoms. The minimum absolute atomic E-state index is 0.105. The zero-order valence-electron chi connectivity index (χ0n) is 20.7. The standard InChI is InChI=1S/C27H29N3O6/c1-14-13-30(18-12-19(31)25-24(22(14)18)23(27(33)34)15(2)28-25)26(32)21-11-16-10-17(6-7-20(16)36-21)35-9-5-8-29(3)4/h6-7,10-12,14,28,31H,5,8-9,13H2,1-4H3,(H,33,34)/t14-/m1/s1. The van der Waals surface area contributed by atoms with E-state index in [4.69, 9.17) is 9.15 Å². The lowest BCUT2D eigenvalue weighted by atomic mass is 9.96. The van der Waals surface area contributed by atoms with Crippen molar-refractivity contribution in [2.24, 2.45) is 0 Å². The first kappa shape index (κ1) is 23.7. The van der Waals surface area contributed by atoms with Gasteiger partial charge in [0.1, 0.15) is 17.1 Å². The Morgan fingerprint density at radius 2 is 2.03 bits per heavy atom. The van der Waals surface area contributed by atoms with Crippen LogP contribution in [0, 0.1) is 6.92 Å². The van der Waals surface area contributed by atoms with Gasteiger partial charge in [-0.05, 0) is 57.3 Å². The minimum atomic E-state index is -1.08. The highest BCUT2D eigenvalue weighted by atomic mass is 16.5. The molecule has 1 aliphatic rings. The molecule has 5 rings (SSSR count). The van der Waals surface area contributed by atoms with Crippen LogP contribution in [0.25, 0.3) is 21.9 Å². The Bertz CT molecular complexity index is 1500. The number of H-pyrrole nitrogens is 1. The highest BCUT2D eigenvalue weighted by Crippen LogP contribution is 2.47. The number of furan rings is 1. The number of nitrogens with zero attached hydrogens (tertiary/aromatic N) is 2. The van der Waals surface area contributed by atoms with E-state index in [9.17, 15) is 19.8 Å². The average molecular weight is 492 g/mol. The van der Waals surface area contributed by atoms with Crippen molar-refractivity contribution in [3.8, 4) is 11.5 Å². The lowest BCUT2D eigenvalue weighted by Gasteiger charge is -2.16. The summed E-state index contributed by atoms with van der Waals surface area (Å²) in [5, 5.41) is 21.7. The molecule has 1 atom stereocenters. The van der Waals surface area contributed by atoms with Crippen LogP contribution >= 0.6 is 0 Å². The van der Waals surface area contributed by atoms with Crippen molar-refractivity contribution in [1.82, 2.24) is 9.88 Å². The number of aromatic amines is 1. The summed E-state index contributed by atoms with van der Waals surface area (Å²) in [7, 11) is 4.04. The van der Waals surface area contributed by atoms with E-state index in [1.165, 1.54) is 6.07 Å². The van der Waals surface area contributed by atoms with Crippen LogP contribution in [0.1, 0.15) is 51.4 Å². The van der Waals surface area contributed by atoms with Crippen LogP contribution in [0.3, 0.4) is 0 Å². The molecule has 0 unspecified atom stereocenters. The highest BCUT2D eigenvalue weighted by Gasteiger charge is 2.36. The Labute approximate surface area is 207 Å². The third-order valence-electron chi connectivity index (χ3n) is 6.68. The number of ether oxygens (including phenoxy) is 1. The number of benzene rings is 2. The van der Waals surface area contributed by atoms with Crippen molar-refractivity contribution in [1.29, 1.82) is 0 Å². The van der Waals surface area contributed by atoms with Gasteiger partial charge in [0.2, 0.25) is 0 Å². The summed E-state index contributed by atoms with van der Waals surface area (Å²) in [5.41, 5.74) is 2.72. The Morgan fingerprint density at radius 1 is 1.25 bits per heavy atom. The van der Waals surface area contributed by atoms with Gasteiger partial charge in [-0.1, -0.05) is 6.92 Å². The Balaban J connectivity index is 1.47. The van der Waals surface area contributed by atoms with E-state index in [2.05, 4.69) is 9.88 Å². The Morgan fingerprint density at radius 3 is 2.75 bits per heavy atom. The number of carboxylic acids is 1. The van der Waals surface area contributed by atoms with Gasteiger partial charge in [-0.2, -0.15) is 0 Å². The van der Waals surface area contributed by atoms with E-state index in [-0.39, 0.29) is 28.9 Å². The lowest BCUT2D eigenvalue weighted by molar-refractivity contribution is 0.0698. The summed E-state index contributed by atoms with van der Waals surface area (Å²) >= 11 is 0. The first-order chi connectivity index (χ1) is 17.2. The van der Waals surface area contributed by atoms with Gasteiger partial charge in [0.05, 0.1) is 23.4 Å². The number of aromatic carboxylic acids is 1. The van der Waals surface area contributed by atoms with Crippen molar-refractivity contribution in [2.75, 3.05) is 38.7 Å². The zero-order chi connectivity index (χ0) is 25.7. The second kappa shape index (κ2) is 8.91. The molecule has 2 aromatic heterocycles. The molecule has 9 nitrogen and oxygen atoms in total. The molecule has 188 valence electrons. The lowest BCUT2D eigenvalue weighted by Crippen LogP contribution is -2.29. The molecule has 3 heterocycles. The molecule has 3 N–H and O–H groups in total. The maximum Gasteiger partial charge on any atom is 0.338 e. The van der Waals surface area contributed by atoms with Gasteiger partial charge in [0, 0.05) is 41.5 Å². The molecule has 1 amide bonds. The summed E-state index contributed by atoms with van der Waals surface area (Å²) < 4.78 is 11.7. The molecule has 36 heavy (non-hydrogen) atoms. The third-order valence-corrected chi connectivity index (χ3v) is 6.68. The summed E-state index contributed by atoms with van der Waals surface area (Å²) in [6.45, 7) is 5.46. The van der Waals surface area contributed by atoms with Crippen molar-refractivity contribution in [2.45, 2.75) is 26.2 Å². The number of carbonyl (C=O) groups is 2. The number of nitrogens with one attached hydrogen (secondary N) is 1. The summed E-state index contributed by atoms with van der Waals surface area (Å²) in [4.78, 5) is 32.2. The smallest absolute Gasteiger partial charge is 0.338 e. The number of hydrogen-bond acceptors (Lipinski definition) is 6. The average Bonchev–Trinajstić information content (AvgIpc) is 3.49. The SMILES string of the molecule is Cc1[nH]c2c(O)cc3c(c2c1C(=O)O)[C@H](C)CN3C(=O)c1cc2cc(OCCCN(C)C)ccc2o1. The number of anilines is 1. The van der Waals surface area contributed by atoms with Crippen molar-refractivity contribution in [3.63, 3.8) is 0 Å². The molecular formula is C27H29N3O6. The molecule has 4 aromatic rings. The van der Waals surface area contributed by atoms with Crippen molar-refractivity contribution in [3.05, 3.63) is 52.9 Å². The maximum absolute atomic E-state index is 13.5. The number of rotatable bonds is 7. The van der Waals surface area contributed by atoms with Crippen molar-refractivity contribution < 1.29 is 29.0 Å². The van der Waals surface area contributed by atoms with Crippen LogP contribution in [0.2, 0.25) is 0 Å². The third kappa shape index (κ3) is 3.95. The predicted molar refractivity (Wildman–Crippen MR) is 137 cm³/mol. The fraction of sp³-hybridized carbons (Fsp3) is 0.333.